The van der Waals surface area contributed by atoms with E-state index >= 15 is 0 Å². The lowest BCUT2D eigenvalue weighted by molar-refractivity contribution is -0.117. The fraction of sp³-hybridized carbons (Fsp3) is 0.0769. The standard InChI is InChI=1S/C26H18F2N2O2/c27-18-10-8-17(9-11-18)25-22-14-19(28)12-13-23(22)29-24(31)15-30(25)26(32)21-7-3-5-16-4-1-2-6-20(16)21/h1-14,25H,15H2,(H,29,31)/t25-/m0/s1. The van der Waals surface area contributed by atoms with Gasteiger partial charge in [0.1, 0.15) is 18.2 Å². The molecule has 1 heterocycles. The largest absolute Gasteiger partial charge is 0.324 e. The first-order chi connectivity index (χ1) is 15.5. The second-order valence-corrected chi connectivity index (χ2v) is 7.69. The predicted octanol–water partition coefficient (Wildman–Crippen LogP) is 5.30. The second-order valence-electron chi connectivity index (χ2n) is 7.69. The highest BCUT2D eigenvalue weighted by molar-refractivity contribution is 6.09. The molecule has 0 bridgehead atoms. The van der Waals surface area contributed by atoms with Crippen LogP contribution in [0.1, 0.15) is 27.5 Å². The number of anilines is 1. The van der Waals surface area contributed by atoms with E-state index in [9.17, 15) is 18.4 Å². The van der Waals surface area contributed by atoms with Gasteiger partial charge in [-0.15, -0.1) is 0 Å². The second kappa shape index (κ2) is 7.89. The number of hydrogen-bond acceptors (Lipinski definition) is 2. The Morgan fingerprint density at radius 1 is 0.875 bits per heavy atom. The molecule has 1 N–H and O–H groups in total. The minimum Gasteiger partial charge on any atom is -0.324 e. The molecule has 32 heavy (non-hydrogen) atoms. The molecule has 0 radical (unpaired) electrons. The van der Waals surface area contributed by atoms with Crippen molar-refractivity contribution in [3.8, 4) is 0 Å². The van der Waals surface area contributed by atoms with E-state index in [0.717, 1.165) is 10.8 Å². The minimum absolute atomic E-state index is 0.236. The smallest absolute Gasteiger partial charge is 0.255 e. The lowest BCUT2D eigenvalue weighted by Gasteiger charge is -2.31. The number of benzene rings is 4. The molecular formula is C26H18F2N2O2. The summed E-state index contributed by atoms with van der Waals surface area (Å²) in [6, 6.07) is 21.8. The number of carbonyl (C=O) groups is 2. The van der Waals surface area contributed by atoms with Crippen LogP contribution in [0.15, 0.2) is 84.9 Å². The third-order valence-corrected chi connectivity index (χ3v) is 5.67. The van der Waals surface area contributed by atoms with Crippen LogP contribution in [0.5, 0.6) is 0 Å². The van der Waals surface area contributed by atoms with Crippen LogP contribution in [0.3, 0.4) is 0 Å². The molecule has 5 rings (SSSR count). The lowest BCUT2D eigenvalue weighted by atomic mass is 9.94. The number of nitrogens with one attached hydrogen (secondary N) is 1. The maximum Gasteiger partial charge on any atom is 0.255 e. The molecule has 0 fully saturated rings. The summed E-state index contributed by atoms with van der Waals surface area (Å²) >= 11 is 0. The van der Waals surface area contributed by atoms with Crippen molar-refractivity contribution < 1.29 is 18.4 Å². The van der Waals surface area contributed by atoms with Gasteiger partial charge in [0.2, 0.25) is 5.91 Å². The molecule has 4 nitrogen and oxygen atoms in total. The van der Waals surface area contributed by atoms with E-state index < -0.39 is 23.6 Å². The van der Waals surface area contributed by atoms with Crippen LogP contribution in [0, 0.1) is 11.6 Å². The van der Waals surface area contributed by atoms with Crippen molar-refractivity contribution in [1.29, 1.82) is 0 Å². The SMILES string of the molecule is O=C1CN(C(=O)c2cccc3ccccc23)[C@@H](c2ccc(F)cc2)c2cc(F)ccc2N1. The van der Waals surface area contributed by atoms with Gasteiger partial charge in [0.25, 0.3) is 5.91 Å². The lowest BCUT2D eigenvalue weighted by Crippen LogP contribution is -2.39. The van der Waals surface area contributed by atoms with Gasteiger partial charge in [0.05, 0.1) is 6.04 Å². The van der Waals surface area contributed by atoms with Crippen molar-refractivity contribution in [2.45, 2.75) is 6.04 Å². The molecule has 1 aliphatic heterocycles. The predicted molar refractivity (Wildman–Crippen MR) is 118 cm³/mol. The fourth-order valence-electron chi connectivity index (χ4n) is 4.24. The molecule has 0 aliphatic carbocycles. The molecule has 6 heteroatoms. The average molecular weight is 428 g/mol. The van der Waals surface area contributed by atoms with Gasteiger partial charge in [0.15, 0.2) is 0 Å². The van der Waals surface area contributed by atoms with Crippen LogP contribution in [0.2, 0.25) is 0 Å². The number of halogens is 2. The van der Waals surface area contributed by atoms with E-state index in [0.29, 0.717) is 22.4 Å². The summed E-state index contributed by atoms with van der Waals surface area (Å²) in [6.07, 6.45) is 0. The van der Waals surface area contributed by atoms with Gasteiger partial charge in [-0.1, -0.05) is 48.5 Å². The van der Waals surface area contributed by atoms with E-state index in [2.05, 4.69) is 5.32 Å². The third kappa shape index (κ3) is 3.50. The van der Waals surface area contributed by atoms with Gasteiger partial charge in [0, 0.05) is 16.8 Å². The molecule has 4 aromatic rings. The zero-order chi connectivity index (χ0) is 22.2. The van der Waals surface area contributed by atoms with Crippen LogP contribution in [0.25, 0.3) is 10.8 Å². The van der Waals surface area contributed by atoms with Crippen molar-refractivity contribution in [2.24, 2.45) is 0 Å². The van der Waals surface area contributed by atoms with E-state index in [4.69, 9.17) is 0 Å². The quantitative estimate of drug-likeness (QED) is 0.471. The molecule has 0 saturated carbocycles. The molecule has 1 atom stereocenters. The van der Waals surface area contributed by atoms with Gasteiger partial charge >= 0.3 is 0 Å². The van der Waals surface area contributed by atoms with Crippen molar-refractivity contribution >= 4 is 28.3 Å². The summed E-state index contributed by atoms with van der Waals surface area (Å²) < 4.78 is 27.9. The average Bonchev–Trinajstić information content (AvgIpc) is 2.94. The highest BCUT2D eigenvalue weighted by atomic mass is 19.1. The number of amides is 2. The molecule has 0 saturated heterocycles. The summed E-state index contributed by atoms with van der Waals surface area (Å²) in [4.78, 5) is 28.0. The molecule has 0 aromatic heterocycles. The van der Waals surface area contributed by atoms with Gasteiger partial charge in [-0.2, -0.15) is 0 Å². The van der Waals surface area contributed by atoms with Crippen LogP contribution in [0.4, 0.5) is 14.5 Å². The van der Waals surface area contributed by atoms with Crippen molar-refractivity contribution in [3.63, 3.8) is 0 Å². The van der Waals surface area contributed by atoms with E-state index in [1.165, 1.54) is 35.2 Å². The molecular weight excluding hydrogens is 410 g/mol. The van der Waals surface area contributed by atoms with Gasteiger partial charge < -0.3 is 10.2 Å². The number of fused-ring (bicyclic) bond motifs is 2. The van der Waals surface area contributed by atoms with E-state index in [-0.39, 0.29) is 12.5 Å². The summed E-state index contributed by atoms with van der Waals surface area (Å²) in [7, 11) is 0. The molecule has 2 amide bonds. The summed E-state index contributed by atoms with van der Waals surface area (Å²) in [5.74, 6) is -1.69. The maximum absolute atomic E-state index is 14.3. The molecule has 0 unspecified atom stereocenters. The molecule has 4 aromatic carbocycles. The first-order valence-corrected chi connectivity index (χ1v) is 10.1. The normalized spacial score (nSPS) is 15.8. The first-order valence-electron chi connectivity index (χ1n) is 10.1. The van der Waals surface area contributed by atoms with Crippen LogP contribution in [-0.2, 0) is 4.79 Å². The fourth-order valence-corrected chi connectivity index (χ4v) is 4.24. The number of hydrogen-bond donors (Lipinski definition) is 1. The summed E-state index contributed by atoms with van der Waals surface area (Å²) in [5, 5.41) is 4.40. The van der Waals surface area contributed by atoms with Crippen molar-refractivity contribution in [2.75, 3.05) is 11.9 Å². The van der Waals surface area contributed by atoms with Crippen LogP contribution >= 0.6 is 0 Å². The zero-order valence-corrected chi connectivity index (χ0v) is 16.9. The Hall–Kier alpha value is -4.06. The minimum atomic E-state index is -0.785. The Kier molecular flexibility index (Phi) is 4.90. The highest BCUT2D eigenvalue weighted by Crippen LogP contribution is 2.37. The van der Waals surface area contributed by atoms with Crippen LogP contribution in [-0.4, -0.2) is 23.3 Å². The molecule has 1 aliphatic rings. The summed E-state index contributed by atoms with van der Waals surface area (Å²) in [5.41, 5.74) is 1.85. The van der Waals surface area contributed by atoms with Gasteiger partial charge in [-0.05, 0) is 52.7 Å². The number of carbonyl (C=O) groups excluding carboxylic acids is 2. The Morgan fingerprint density at radius 3 is 2.41 bits per heavy atom. The third-order valence-electron chi connectivity index (χ3n) is 5.67. The Morgan fingerprint density at radius 2 is 1.59 bits per heavy atom. The first kappa shape index (κ1) is 19.9. The number of nitrogens with zero attached hydrogens (tertiary/aromatic N) is 1. The molecule has 0 spiro atoms. The van der Waals surface area contributed by atoms with Gasteiger partial charge in [-0.25, -0.2) is 8.78 Å². The Labute approximate surface area is 183 Å². The molecule has 158 valence electrons. The van der Waals surface area contributed by atoms with E-state index in [1.807, 2.05) is 30.3 Å². The number of rotatable bonds is 2. The van der Waals surface area contributed by atoms with Crippen molar-refractivity contribution in [1.82, 2.24) is 4.90 Å². The monoisotopic (exact) mass is 428 g/mol. The topological polar surface area (TPSA) is 49.4 Å². The summed E-state index contributed by atoms with van der Waals surface area (Å²) in [6.45, 7) is -0.236. The Bertz CT molecular complexity index is 1350. The van der Waals surface area contributed by atoms with Crippen LogP contribution < -0.4 is 5.32 Å². The van der Waals surface area contributed by atoms with E-state index in [1.54, 1.807) is 24.3 Å². The highest BCUT2D eigenvalue weighted by Gasteiger charge is 2.34. The zero-order valence-electron chi connectivity index (χ0n) is 16.9. The Balaban J connectivity index is 1.71. The maximum atomic E-state index is 14.3. The van der Waals surface area contributed by atoms with Crippen molar-refractivity contribution in [3.05, 3.63) is 113 Å². The van der Waals surface area contributed by atoms with Gasteiger partial charge in [-0.3, -0.25) is 9.59 Å².